The first kappa shape index (κ1) is 27.4. The number of fused-ring (bicyclic) bond motifs is 6. The van der Waals surface area contributed by atoms with E-state index < -0.39 is 0 Å². The Morgan fingerprint density at radius 1 is 0.417 bits per heavy atom. The van der Waals surface area contributed by atoms with Crippen molar-refractivity contribution in [1.82, 2.24) is 9.13 Å². The summed E-state index contributed by atoms with van der Waals surface area (Å²) >= 11 is 0. The van der Waals surface area contributed by atoms with Crippen LogP contribution in [0.1, 0.15) is 11.1 Å². The lowest BCUT2D eigenvalue weighted by Gasteiger charge is -2.16. The number of rotatable bonds is 4. The van der Waals surface area contributed by atoms with Gasteiger partial charge < -0.3 is 9.13 Å². The Hall–Kier alpha value is -6.88. The Kier molecular flexibility index (Phi) is 6.22. The molecule has 2 heterocycles. The van der Waals surface area contributed by atoms with Crippen molar-refractivity contribution in [2.24, 2.45) is 0 Å². The van der Waals surface area contributed by atoms with E-state index in [2.05, 4.69) is 137 Å². The van der Waals surface area contributed by atoms with Gasteiger partial charge >= 0.3 is 0 Å². The molecule has 0 aliphatic heterocycles. The number of aromatic nitrogens is 2. The van der Waals surface area contributed by atoms with Gasteiger partial charge in [-0.1, -0.05) is 97.1 Å². The van der Waals surface area contributed by atoms with Crippen molar-refractivity contribution < 1.29 is 0 Å². The molecule has 0 radical (unpaired) electrons. The fraction of sp³-hybridized carbons (Fsp3) is 0. The molecule has 0 unspecified atom stereocenters. The molecule has 0 aliphatic rings. The normalized spacial score (nSPS) is 11.3. The van der Waals surface area contributed by atoms with E-state index in [4.69, 9.17) is 0 Å². The van der Waals surface area contributed by atoms with Gasteiger partial charge in [-0.25, -0.2) is 0 Å². The van der Waals surface area contributed by atoms with Crippen molar-refractivity contribution in [2.45, 2.75) is 0 Å². The Balaban J connectivity index is 1.25. The minimum atomic E-state index is 0.591. The molecule has 0 amide bonds. The summed E-state index contributed by atoms with van der Waals surface area (Å²) in [4.78, 5) is 0. The summed E-state index contributed by atoms with van der Waals surface area (Å²) in [7, 11) is 0. The fourth-order valence-corrected chi connectivity index (χ4v) is 7.31. The van der Waals surface area contributed by atoms with E-state index in [1.54, 1.807) is 0 Å². The highest BCUT2D eigenvalue weighted by Gasteiger charge is 2.18. The smallest absolute Gasteiger partial charge is 0.101 e. The average molecular weight is 611 g/mol. The maximum absolute atomic E-state index is 10.2. The third-order valence-electron chi connectivity index (χ3n) is 9.35. The van der Waals surface area contributed by atoms with Crippen LogP contribution < -0.4 is 0 Å². The third-order valence-corrected chi connectivity index (χ3v) is 9.35. The average Bonchev–Trinajstić information content (AvgIpc) is 3.68. The lowest BCUT2D eigenvalue weighted by Crippen LogP contribution is -1.98. The largest absolute Gasteiger partial charge is 0.309 e. The summed E-state index contributed by atoms with van der Waals surface area (Å²) in [5, 5.41) is 24.9. The van der Waals surface area contributed by atoms with Crippen LogP contribution in [-0.4, -0.2) is 9.13 Å². The van der Waals surface area contributed by atoms with Gasteiger partial charge in [-0.2, -0.15) is 10.5 Å². The van der Waals surface area contributed by atoms with Gasteiger partial charge in [-0.3, -0.25) is 0 Å². The molecular weight excluding hydrogens is 585 g/mol. The second-order valence-corrected chi connectivity index (χ2v) is 12.0. The number of hydrogen-bond acceptors (Lipinski definition) is 2. The number of benzene rings is 7. The zero-order valence-corrected chi connectivity index (χ0v) is 25.8. The van der Waals surface area contributed by atoms with Gasteiger partial charge in [0.2, 0.25) is 0 Å². The van der Waals surface area contributed by atoms with Crippen LogP contribution in [-0.2, 0) is 0 Å². The van der Waals surface area contributed by atoms with Gasteiger partial charge in [-0.05, 0) is 77.4 Å². The predicted octanol–water partition coefficient (Wildman–Crippen LogP) is 11.0. The van der Waals surface area contributed by atoms with Crippen molar-refractivity contribution in [3.05, 3.63) is 169 Å². The van der Waals surface area contributed by atoms with E-state index in [-0.39, 0.29) is 0 Å². The molecule has 4 nitrogen and oxygen atoms in total. The van der Waals surface area contributed by atoms with E-state index in [9.17, 15) is 10.5 Å². The number of hydrogen-bond donors (Lipinski definition) is 0. The van der Waals surface area contributed by atoms with Crippen molar-refractivity contribution in [3.8, 4) is 45.8 Å². The Labute approximate surface area is 277 Å². The highest BCUT2D eigenvalue weighted by atomic mass is 15.0. The van der Waals surface area contributed by atoms with Crippen molar-refractivity contribution in [3.63, 3.8) is 0 Å². The summed E-state index contributed by atoms with van der Waals surface area (Å²) in [5.74, 6) is 0. The number of nitriles is 2. The Morgan fingerprint density at radius 2 is 1.00 bits per heavy atom. The molecule has 0 bridgehead atoms. The SMILES string of the molecule is N#Cc1cc(-c2cccc(-n3c4ccccc4c4cccc(C#N)c43)c2)cc(-c2ccccc2-n2c3ccccc3c3ccccc32)c1. The molecule has 48 heavy (non-hydrogen) atoms. The third kappa shape index (κ3) is 4.14. The molecule has 9 rings (SSSR count). The quantitative estimate of drug-likeness (QED) is 0.199. The van der Waals surface area contributed by atoms with Crippen LogP contribution in [0.15, 0.2) is 158 Å². The topological polar surface area (TPSA) is 57.4 Å². The van der Waals surface area contributed by atoms with Crippen molar-refractivity contribution in [2.75, 3.05) is 0 Å². The number of nitrogens with zero attached hydrogens (tertiary/aromatic N) is 4. The zero-order chi connectivity index (χ0) is 32.2. The van der Waals surface area contributed by atoms with E-state index in [1.165, 1.54) is 10.8 Å². The monoisotopic (exact) mass is 610 g/mol. The molecule has 2 aromatic heterocycles. The maximum atomic E-state index is 10.2. The molecule has 7 aromatic carbocycles. The second-order valence-electron chi connectivity index (χ2n) is 12.0. The van der Waals surface area contributed by atoms with E-state index >= 15 is 0 Å². The molecular formula is C44H26N4. The fourth-order valence-electron chi connectivity index (χ4n) is 7.31. The van der Waals surface area contributed by atoms with Crippen LogP contribution in [0, 0.1) is 22.7 Å². The van der Waals surface area contributed by atoms with Crippen LogP contribution in [0.4, 0.5) is 0 Å². The van der Waals surface area contributed by atoms with Crippen LogP contribution in [0.25, 0.3) is 77.2 Å². The molecule has 0 atom stereocenters. The molecule has 0 saturated heterocycles. The summed E-state index contributed by atoms with van der Waals surface area (Å²) < 4.78 is 4.51. The second kappa shape index (κ2) is 10.9. The summed E-state index contributed by atoms with van der Waals surface area (Å²) in [6.07, 6.45) is 0. The maximum Gasteiger partial charge on any atom is 0.101 e. The molecule has 0 saturated carbocycles. The predicted molar refractivity (Wildman–Crippen MR) is 195 cm³/mol. The molecule has 0 aliphatic carbocycles. The van der Waals surface area contributed by atoms with Gasteiger partial charge in [-0.15, -0.1) is 0 Å². The Morgan fingerprint density at radius 3 is 1.71 bits per heavy atom. The minimum Gasteiger partial charge on any atom is -0.309 e. The zero-order valence-electron chi connectivity index (χ0n) is 25.8. The molecule has 9 aromatic rings. The van der Waals surface area contributed by atoms with Crippen LogP contribution in [0.5, 0.6) is 0 Å². The van der Waals surface area contributed by atoms with Crippen LogP contribution >= 0.6 is 0 Å². The minimum absolute atomic E-state index is 0.591. The summed E-state index contributed by atoms with van der Waals surface area (Å²) in [6, 6.07) is 58.9. The lowest BCUT2D eigenvalue weighted by molar-refractivity contribution is 1.18. The Bertz CT molecular complexity index is 2760. The van der Waals surface area contributed by atoms with E-state index in [0.29, 0.717) is 11.1 Å². The lowest BCUT2D eigenvalue weighted by atomic mass is 9.95. The summed E-state index contributed by atoms with van der Waals surface area (Å²) in [6.45, 7) is 0. The number of para-hydroxylation sites is 5. The van der Waals surface area contributed by atoms with Crippen LogP contribution in [0.3, 0.4) is 0 Å². The molecule has 222 valence electrons. The van der Waals surface area contributed by atoms with Gasteiger partial charge in [0.25, 0.3) is 0 Å². The van der Waals surface area contributed by atoms with Gasteiger partial charge in [0.15, 0.2) is 0 Å². The molecule has 0 N–H and O–H groups in total. The van der Waals surface area contributed by atoms with Gasteiger partial charge in [0.1, 0.15) is 6.07 Å². The standard InChI is InChI=1S/C44H26N4/c45-27-29-23-32(30-11-9-13-34(26-30)47-41-20-6-4-17-38(41)39-18-10-12-31(28-46)44(39)47)25-33(24-29)35-14-1-5-19-40(35)48-42-21-7-2-15-36(42)37-16-3-8-22-43(37)48/h1-26H. The molecule has 4 heteroatoms. The van der Waals surface area contributed by atoms with Gasteiger partial charge in [0.05, 0.1) is 45.0 Å². The van der Waals surface area contributed by atoms with Crippen molar-refractivity contribution >= 4 is 43.6 Å². The van der Waals surface area contributed by atoms with E-state index in [0.717, 1.165) is 66.5 Å². The summed E-state index contributed by atoms with van der Waals surface area (Å²) in [5.41, 5.74) is 11.4. The highest BCUT2D eigenvalue weighted by Crippen LogP contribution is 2.39. The molecule has 0 spiro atoms. The highest BCUT2D eigenvalue weighted by molar-refractivity contribution is 6.11. The first-order chi connectivity index (χ1) is 23.7. The first-order valence-electron chi connectivity index (χ1n) is 15.9. The van der Waals surface area contributed by atoms with Crippen molar-refractivity contribution in [1.29, 1.82) is 10.5 Å². The van der Waals surface area contributed by atoms with Gasteiger partial charge in [0, 0.05) is 32.8 Å². The van der Waals surface area contributed by atoms with Crippen LogP contribution in [0.2, 0.25) is 0 Å². The molecule has 0 fully saturated rings. The van der Waals surface area contributed by atoms with E-state index in [1.807, 2.05) is 42.5 Å². The first-order valence-corrected chi connectivity index (χ1v) is 15.9.